The van der Waals surface area contributed by atoms with Crippen molar-refractivity contribution in [1.82, 2.24) is 15.3 Å². The van der Waals surface area contributed by atoms with Crippen molar-refractivity contribution in [2.75, 3.05) is 11.6 Å². The molecule has 0 fully saturated rings. The Labute approximate surface area is 129 Å². The molecule has 0 amide bonds. The van der Waals surface area contributed by atoms with Crippen LogP contribution in [0.2, 0.25) is 0 Å². The van der Waals surface area contributed by atoms with Crippen LogP contribution in [0, 0.1) is 0 Å². The lowest BCUT2D eigenvalue weighted by atomic mass is 9.97. The summed E-state index contributed by atoms with van der Waals surface area (Å²) in [5.41, 5.74) is 3.68. The Hall–Kier alpha value is -2.59. The second-order valence-corrected chi connectivity index (χ2v) is 5.48. The average molecular weight is 290 g/mol. The fourth-order valence-electron chi connectivity index (χ4n) is 3.10. The molecule has 110 valence electrons. The van der Waals surface area contributed by atoms with Crippen LogP contribution in [0.15, 0.2) is 67.0 Å². The summed E-state index contributed by atoms with van der Waals surface area (Å²) in [4.78, 5) is 10.1. The van der Waals surface area contributed by atoms with Crippen molar-refractivity contribution in [3.8, 4) is 0 Å². The summed E-state index contributed by atoms with van der Waals surface area (Å²) in [5.74, 6) is 1.04. The Morgan fingerprint density at radius 1 is 0.909 bits per heavy atom. The van der Waals surface area contributed by atoms with Crippen LogP contribution in [0.4, 0.5) is 5.82 Å². The molecule has 1 aliphatic heterocycles. The quantitative estimate of drug-likeness (QED) is 0.779. The molecule has 1 aromatic heterocycles. The lowest BCUT2D eigenvalue weighted by Gasteiger charge is -2.36. The molecule has 4 nitrogen and oxygen atoms in total. The molecule has 1 aliphatic rings. The minimum atomic E-state index is 0.150. The Morgan fingerprint density at radius 3 is 2.18 bits per heavy atom. The highest BCUT2D eigenvalue weighted by Crippen LogP contribution is 2.34. The third kappa shape index (κ3) is 2.27. The molecule has 4 heteroatoms. The first-order valence-corrected chi connectivity index (χ1v) is 7.53. The van der Waals surface area contributed by atoms with Crippen molar-refractivity contribution in [3.05, 3.63) is 83.8 Å². The van der Waals surface area contributed by atoms with E-state index in [-0.39, 0.29) is 6.04 Å². The first-order chi connectivity index (χ1) is 10.9. The molecule has 0 atom stereocenters. The molecule has 0 unspecified atom stereocenters. The zero-order chi connectivity index (χ0) is 14.8. The number of nitrogens with zero attached hydrogens (tertiary/aromatic N) is 2. The van der Waals surface area contributed by atoms with E-state index in [2.05, 4.69) is 80.8 Å². The number of anilines is 1. The van der Waals surface area contributed by atoms with E-state index in [1.54, 1.807) is 6.33 Å². The smallest absolute Gasteiger partial charge is 0.153 e. The van der Waals surface area contributed by atoms with Crippen molar-refractivity contribution >= 4 is 5.82 Å². The zero-order valence-electron chi connectivity index (χ0n) is 12.2. The van der Waals surface area contributed by atoms with E-state index >= 15 is 0 Å². The van der Waals surface area contributed by atoms with Crippen LogP contribution in [-0.2, 0) is 6.54 Å². The molecule has 0 saturated heterocycles. The number of aromatic nitrogens is 2. The van der Waals surface area contributed by atoms with Gasteiger partial charge in [0, 0.05) is 6.54 Å². The van der Waals surface area contributed by atoms with E-state index < -0.39 is 0 Å². The molecule has 0 bridgehead atoms. The number of hydrogen-bond acceptors (Lipinski definition) is 3. The summed E-state index contributed by atoms with van der Waals surface area (Å²) in [5, 5.41) is 3.45. The summed E-state index contributed by atoms with van der Waals surface area (Å²) in [7, 11) is 0. The zero-order valence-corrected chi connectivity index (χ0v) is 12.2. The van der Waals surface area contributed by atoms with E-state index in [0.717, 1.165) is 24.7 Å². The Bertz CT molecular complexity index is 697. The van der Waals surface area contributed by atoms with Crippen LogP contribution >= 0.6 is 0 Å². The van der Waals surface area contributed by atoms with Gasteiger partial charge in [-0.15, -0.1) is 0 Å². The minimum absolute atomic E-state index is 0.150. The maximum absolute atomic E-state index is 4.54. The van der Waals surface area contributed by atoms with Gasteiger partial charge in [0.05, 0.1) is 24.7 Å². The second-order valence-electron chi connectivity index (χ2n) is 5.48. The number of benzene rings is 2. The van der Waals surface area contributed by atoms with Gasteiger partial charge in [-0.2, -0.15) is 0 Å². The monoisotopic (exact) mass is 290 g/mol. The molecular weight excluding hydrogens is 272 g/mol. The summed E-state index contributed by atoms with van der Waals surface area (Å²) in [6.07, 6.45) is 1.78. The molecule has 22 heavy (non-hydrogen) atoms. The minimum Gasteiger partial charge on any atom is -0.346 e. The van der Waals surface area contributed by atoms with Gasteiger partial charge in [0.15, 0.2) is 5.82 Å². The predicted octanol–water partition coefficient (Wildman–Crippen LogP) is 3.07. The Kier molecular flexibility index (Phi) is 3.37. The molecule has 2 heterocycles. The van der Waals surface area contributed by atoms with Gasteiger partial charge in [0.25, 0.3) is 0 Å². The molecule has 2 aromatic carbocycles. The lowest BCUT2D eigenvalue weighted by molar-refractivity contribution is 0.566. The van der Waals surface area contributed by atoms with Crippen LogP contribution in [-0.4, -0.2) is 16.6 Å². The SMILES string of the molecule is c1ccc(C(c2ccccc2)N2CNCc3[nH]cnc32)cc1. The van der Waals surface area contributed by atoms with E-state index in [0.29, 0.717) is 0 Å². The molecule has 0 saturated carbocycles. The number of imidazole rings is 1. The van der Waals surface area contributed by atoms with Gasteiger partial charge < -0.3 is 9.88 Å². The van der Waals surface area contributed by atoms with Crippen LogP contribution < -0.4 is 10.2 Å². The number of hydrogen-bond donors (Lipinski definition) is 2. The van der Waals surface area contributed by atoms with Crippen molar-refractivity contribution in [1.29, 1.82) is 0 Å². The average Bonchev–Trinajstić information content (AvgIpc) is 3.07. The van der Waals surface area contributed by atoms with E-state index in [4.69, 9.17) is 0 Å². The summed E-state index contributed by atoms with van der Waals surface area (Å²) in [6, 6.07) is 21.3. The lowest BCUT2D eigenvalue weighted by Crippen LogP contribution is -2.42. The molecule has 0 aliphatic carbocycles. The topological polar surface area (TPSA) is 44.0 Å². The van der Waals surface area contributed by atoms with E-state index in [1.807, 2.05) is 0 Å². The Morgan fingerprint density at radius 2 is 1.55 bits per heavy atom. The third-order valence-electron chi connectivity index (χ3n) is 4.09. The molecular formula is C18H18N4. The van der Waals surface area contributed by atoms with Gasteiger partial charge in [0.1, 0.15) is 0 Å². The number of H-pyrrole nitrogens is 1. The van der Waals surface area contributed by atoms with Crippen LogP contribution in [0.1, 0.15) is 22.9 Å². The summed E-state index contributed by atoms with van der Waals surface area (Å²) in [6.45, 7) is 1.62. The van der Waals surface area contributed by atoms with Crippen molar-refractivity contribution < 1.29 is 0 Å². The molecule has 2 N–H and O–H groups in total. The molecule has 3 aromatic rings. The van der Waals surface area contributed by atoms with Crippen LogP contribution in [0.3, 0.4) is 0 Å². The number of fused-ring (bicyclic) bond motifs is 1. The van der Waals surface area contributed by atoms with Crippen LogP contribution in [0.25, 0.3) is 0 Å². The van der Waals surface area contributed by atoms with Crippen molar-refractivity contribution in [3.63, 3.8) is 0 Å². The predicted molar refractivity (Wildman–Crippen MR) is 87.5 cm³/mol. The number of aromatic amines is 1. The van der Waals surface area contributed by atoms with Gasteiger partial charge in [0.2, 0.25) is 0 Å². The van der Waals surface area contributed by atoms with Gasteiger partial charge in [-0.05, 0) is 11.1 Å². The van der Waals surface area contributed by atoms with Gasteiger partial charge in [-0.25, -0.2) is 4.98 Å². The molecule has 0 radical (unpaired) electrons. The summed E-state index contributed by atoms with van der Waals surface area (Å²) < 4.78 is 0. The fraction of sp³-hybridized carbons (Fsp3) is 0.167. The second kappa shape index (κ2) is 5.66. The van der Waals surface area contributed by atoms with E-state index in [1.165, 1.54) is 11.1 Å². The normalized spacial score (nSPS) is 14.1. The highest BCUT2D eigenvalue weighted by molar-refractivity contribution is 5.52. The van der Waals surface area contributed by atoms with Crippen molar-refractivity contribution in [2.45, 2.75) is 12.6 Å². The number of nitrogens with one attached hydrogen (secondary N) is 2. The number of rotatable bonds is 3. The first-order valence-electron chi connectivity index (χ1n) is 7.53. The highest BCUT2D eigenvalue weighted by atomic mass is 15.3. The third-order valence-corrected chi connectivity index (χ3v) is 4.09. The van der Waals surface area contributed by atoms with Gasteiger partial charge >= 0.3 is 0 Å². The maximum atomic E-state index is 4.54. The Balaban J connectivity index is 1.83. The first kappa shape index (κ1) is 13.1. The molecule has 4 rings (SSSR count). The van der Waals surface area contributed by atoms with Crippen molar-refractivity contribution in [2.24, 2.45) is 0 Å². The molecule has 0 spiro atoms. The van der Waals surface area contributed by atoms with Gasteiger partial charge in [-0.3, -0.25) is 5.32 Å². The highest BCUT2D eigenvalue weighted by Gasteiger charge is 2.28. The summed E-state index contributed by atoms with van der Waals surface area (Å²) >= 11 is 0. The van der Waals surface area contributed by atoms with Gasteiger partial charge in [-0.1, -0.05) is 60.7 Å². The largest absolute Gasteiger partial charge is 0.346 e. The fourth-order valence-corrected chi connectivity index (χ4v) is 3.10. The van der Waals surface area contributed by atoms with E-state index in [9.17, 15) is 0 Å². The standard InChI is InChI=1S/C18H18N4/c1-3-7-14(8-4-1)17(15-9-5-2-6-10-15)22-13-19-11-16-18(22)21-12-20-16/h1-10,12,17,19H,11,13H2,(H,20,21). The van der Waals surface area contributed by atoms with Crippen LogP contribution in [0.5, 0.6) is 0 Å². The maximum Gasteiger partial charge on any atom is 0.153 e.